The first-order valence-corrected chi connectivity index (χ1v) is 8.14. The summed E-state index contributed by atoms with van der Waals surface area (Å²) < 4.78 is 5.49. The van der Waals surface area contributed by atoms with Crippen LogP contribution in [0.1, 0.15) is 12.5 Å². The van der Waals surface area contributed by atoms with Gasteiger partial charge in [-0.05, 0) is 30.7 Å². The fourth-order valence-electron chi connectivity index (χ4n) is 2.08. The highest BCUT2D eigenvalue weighted by Gasteiger charge is 2.13. The maximum absolute atomic E-state index is 12.0. The molecule has 0 radical (unpaired) electrons. The SMILES string of the molecule is CC(NC(=O)/C=C/c1ccccc1)C(=O)NCCOc1ccccc1. The lowest BCUT2D eigenvalue weighted by atomic mass is 10.2. The van der Waals surface area contributed by atoms with Gasteiger partial charge in [0.15, 0.2) is 0 Å². The van der Waals surface area contributed by atoms with Crippen LogP contribution < -0.4 is 15.4 Å². The number of ether oxygens (including phenoxy) is 1. The Hall–Kier alpha value is -3.08. The molecule has 0 aliphatic rings. The maximum Gasteiger partial charge on any atom is 0.244 e. The van der Waals surface area contributed by atoms with E-state index >= 15 is 0 Å². The van der Waals surface area contributed by atoms with E-state index in [4.69, 9.17) is 4.74 Å². The van der Waals surface area contributed by atoms with Crippen LogP contribution in [-0.2, 0) is 9.59 Å². The predicted molar refractivity (Wildman–Crippen MR) is 98.0 cm³/mol. The summed E-state index contributed by atoms with van der Waals surface area (Å²) in [6, 6.07) is 18.2. The molecule has 0 spiro atoms. The number of hydrogen-bond acceptors (Lipinski definition) is 3. The lowest BCUT2D eigenvalue weighted by Gasteiger charge is -2.13. The molecule has 1 unspecified atom stereocenters. The molecule has 0 aliphatic heterocycles. The van der Waals surface area contributed by atoms with Gasteiger partial charge in [0.05, 0.1) is 6.54 Å². The molecule has 0 fully saturated rings. The highest BCUT2D eigenvalue weighted by molar-refractivity contribution is 5.95. The number of nitrogens with one attached hydrogen (secondary N) is 2. The third-order valence-electron chi connectivity index (χ3n) is 3.39. The lowest BCUT2D eigenvalue weighted by molar-refractivity contribution is -0.126. The van der Waals surface area contributed by atoms with Gasteiger partial charge >= 0.3 is 0 Å². The maximum atomic E-state index is 12.0. The summed E-state index contributed by atoms with van der Waals surface area (Å²) in [5, 5.41) is 5.36. The normalized spacial score (nSPS) is 11.7. The van der Waals surface area contributed by atoms with Crippen molar-refractivity contribution in [3.05, 3.63) is 72.3 Å². The van der Waals surface area contributed by atoms with E-state index in [-0.39, 0.29) is 11.8 Å². The third-order valence-corrected chi connectivity index (χ3v) is 3.39. The summed E-state index contributed by atoms with van der Waals surface area (Å²) in [6.45, 7) is 2.37. The summed E-state index contributed by atoms with van der Waals surface area (Å²) >= 11 is 0. The molecule has 25 heavy (non-hydrogen) atoms. The Morgan fingerprint density at radius 1 is 1.04 bits per heavy atom. The van der Waals surface area contributed by atoms with Crippen LogP contribution in [0.15, 0.2) is 66.7 Å². The van der Waals surface area contributed by atoms with Crippen LogP contribution in [0.25, 0.3) is 6.08 Å². The summed E-state index contributed by atoms with van der Waals surface area (Å²) in [4.78, 5) is 23.8. The predicted octanol–water partition coefficient (Wildman–Crippen LogP) is 2.40. The second-order valence-electron chi connectivity index (χ2n) is 5.43. The minimum Gasteiger partial charge on any atom is -0.492 e. The Balaban J connectivity index is 1.67. The van der Waals surface area contributed by atoms with Crippen LogP contribution in [0.3, 0.4) is 0 Å². The molecule has 0 bridgehead atoms. The van der Waals surface area contributed by atoms with E-state index < -0.39 is 6.04 Å². The lowest BCUT2D eigenvalue weighted by Crippen LogP contribution is -2.45. The number of para-hydroxylation sites is 1. The Morgan fingerprint density at radius 2 is 1.68 bits per heavy atom. The number of rotatable bonds is 8. The fourth-order valence-corrected chi connectivity index (χ4v) is 2.08. The molecule has 2 N–H and O–H groups in total. The number of carbonyl (C=O) groups excluding carboxylic acids is 2. The third kappa shape index (κ3) is 6.91. The summed E-state index contributed by atoms with van der Waals surface area (Å²) in [5.74, 6) is 0.189. The topological polar surface area (TPSA) is 67.4 Å². The Kier molecular flexibility index (Phi) is 7.25. The van der Waals surface area contributed by atoms with Crippen LogP contribution in [0.5, 0.6) is 5.75 Å². The number of hydrogen-bond donors (Lipinski definition) is 2. The first-order chi connectivity index (χ1) is 12.1. The fraction of sp³-hybridized carbons (Fsp3) is 0.200. The number of amides is 2. The molecule has 2 aromatic rings. The molecule has 2 rings (SSSR count). The standard InChI is InChI=1S/C20H22N2O3/c1-16(22-19(23)13-12-17-8-4-2-5-9-17)20(24)21-14-15-25-18-10-6-3-7-11-18/h2-13,16H,14-15H2,1H3,(H,21,24)(H,22,23)/b13-12+. The van der Waals surface area contributed by atoms with E-state index in [1.54, 1.807) is 13.0 Å². The molecule has 5 heteroatoms. The van der Waals surface area contributed by atoms with E-state index in [0.29, 0.717) is 13.2 Å². The van der Waals surface area contributed by atoms with Crippen LogP contribution in [0, 0.1) is 0 Å². The molecule has 0 saturated carbocycles. The molecule has 0 aliphatic carbocycles. The molecule has 5 nitrogen and oxygen atoms in total. The minimum absolute atomic E-state index is 0.252. The van der Waals surface area contributed by atoms with E-state index in [2.05, 4.69) is 10.6 Å². The highest BCUT2D eigenvalue weighted by Crippen LogP contribution is 2.07. The van der Waals surface area contributed by atoms with Crippen molar-refractivity contribution in [1.29, 1.82) is 0 Å². The summed E-state index contributed by atoms with van der Waals surface area (Å²) in [7, 11) is 0. The zero-order chi connectivity index (χ0) is 17.9. The first-order valence-electron chi connectivity index (χ1n) is 8.14. The van der Waals surface area contributed by atoms with Crippen molar-refractivity contribution in [2.75, 3.05) is 13.2 Å². The quantitative estimate of drug-likeness (QED) is 0.574. The van der Waals surface area contributed by atoms with Gasteiger partial charge in [-0.2, -0.15) is 0 Å². The monoisotopic (exact) mass is 338 g/mol. The molecule has 0 aromatic heterocycles. The first kappa shape index (κ1) is 18.3. The molecule has 2 aromatic carbocycles. The highest BCUT2D eigenvalue weighted by atomic mass is 16.5. The van der Waals surface area contributed by atoms with Crippen LogP contribution >= 0.6 is 0 Å². The van der Waals surface area contributed by atoms with E-state index in [9.17, 15) is 9.59 Å². The van der Waals surface area contributed by atoms with Gasteiger partial charge in [0.2, 0.25) is 11.8 Å². The molecular weight excluding hydrogens is 316 g/mol. The van der Waals surface area contributed by atoms with E-state index in [1.165, 1.54) is 6.08 Å². The van der Waals surface area contributed by atoms with Gasteiger partial charge in [-0.3, -0.25) is 9.59 Å². The average molecular weight is 338 g/mol. The Labute approximate surface area is 147 Å². The number of benzene rings is 2. The van der Waals surface area contributed by atoms with Crippen LogP contribution in [0.4, 0.5) is 0 Å². The second-order valence-corrected chi connectivity index (χ2v) is 5.43. The van der Waals surface area contributed by atoms with Crippen molar-refractivity contribution < 1.29 is 14.3 Å². The van der Waals surface area contributed by atoms with Crippen molar-refractivity contribution in [3.63, 3.8) is 0 Å². The van der Waals surface area contributed by atoms with Gasteiger partial charge in [0, 0.05) is 6.08 Å². The van der Waals surface area contributed by atoms with Gasteiger partial charge in [-0.25, -0.2) is 0 Å². The van der Waals surface area contributed by atoms with Gasteiger partial charge in [-0.15, -0.1) is 0 Å². The molecule has 1 atom stereocenters. The number of carbonyl (C=O) groups is 2. The molecule has 0 heterocycles. The van der Waals surface area contributed by atoms with E-state index in [0.717, 1.165) is 11.3 Å². The molecular formula is C20H22N2O3. The van der Waals surface area contributed by atoms with Crippen molar-refractivity contribution >= 4 is 17.9 Å². The zero-order valence-electron chi connectivity index (χ0n) is 14.1. The second kappa shape index (κ2) is 9.93. The van der Waals surface area contributed by atoms with Crippen LogP contribution in [-0.4, -0.2) is 31.0 Å². The Bertz CT molecular complexity index is 699. The van der Waals surface area contributed by atoms with Crippen molar-refractivity contribution in [2.45, 2.75) is 13.0 Å². The summed E-state index contributed by atoms with van der Waals surface area (Å²) in [5.41, 5.74) is 0.924. The van der Waals surface area contributed by atoms with Gasteiger partial charge in [0.25, 0.3) is 0 Å². The average Bonchev–Trinajstić information content (AvgIpc) is 2.65. The molecule has 2 amide bonds. The molecule has 130 valence electrons. The van der Waals surface area contributed by atoms with E-state index in [1.807, 2.05) is 60.7 Å². The van der Waals surface area contributed by atoms with Crippen molar-refractivity contribution in [3.8, 4) is 5.75 Å². The molecule has 0 saturated heterocycles. The minimum atomic E-state index is -0.621. The van der Waals surface area contributed by atoms with Gasteiger partial charge < -0.3 is 15.4 Å². The zero-order valence-corrected chi connectivity index (χ0v) is 14.1. The Morgan fingerprint density at radius 3 is 2.36 bits per heavy atom. The van der Waals surface area contributed by atoms with Gasteiger partial charge in [-0.1, -0.05) is 48.5 Å². The largest absolute Gasteiger partial charge is 0.492 e. The van der Waals surface area contributed by atoms with Gasteiger partial charge in [0.1, 0.15) is 18.4 Å². The summed E-state index contributed by atoms with van der Waals surface area (Å²) in [6.07, 6.45) is 3.12. The van der Waals surface area contributed by atoms with Crippen molar-refractivity contribution in [1.82, 2.24) is 10.6 Å². The van der Waals surface area contributed by atoms with Crippen LogP contribution in [0.2, 0.25) is 0 Å². The smallest absolute Gasteiger partial charge is 0.244 e. The van der Waals surface area contributed by atoms with Crippen molar-refractivity contribution in [2.24, 2.45) is 0 Å².